The van der Waals surface area contributed by atoms with Crippen LogP contribution in [0.5, 0.6) is 0 Å². The highest BCUT2D eigenvalue weighted by Gasteiger charge is 2.23. The lowest BCUT2D eigenvalue weighted by Gasteiger charge is -2.20. The number of anilines is 1. The van der Waals surface area contributed by atoms with Crippen molar-refractivity contribution in [3.05, 3.63) is 41.6 Å². The van der Waals surface area contributed by atoms with E-state index >= 15 is 0 Å². The topological polar surface area (TPSA) is 27.0 Å². The van der Waals surface area contributed by atoms with Crippen molar-refractivity contribution < 1.29 is 0 Å². The fourth-order valence-corrected chi connectivity index (χ4v) is 2.02. The molecule has 15 heavy (non-hydrogen) atoms. The number of rotatable bonds is 1. The van der Waals surface area contributed by atoms with E-state index in [-0.39, 0.29) is 0 Å². The molecule has 2 nitrogen and oxygen atoms in total. The van der Waals surface area contributed by atoms with Crippen molar-refractivity contribution in [3.8, 4) is 6.07 Å². The highest BCUT2D eigenvalue weighted by Crippen LogP contribution is 2.32. The maximum absolute atomic E-state index is 8.78. The van der Waals surface area contributed by atoms with Gasteiger partial charge in [0.1, 0.15) is 0 Å². The van der Waals surface area contributed by atoms with Crippen LogP contribution < -0.4 is 4.90 Å². The smallest absolute Gasteiger partial charge is 0.0959 e. The summed E-state index contributed by atoms with van der Waals surface area (Å²) in [5.74, 6) is 0. The molecule has 0 N–H and O–H groups in total. The molecule has 1 aliphatic rings. The third-order valence-corrected chi connectivity index (χ3v) is 2.77. The molecule has 1 aromatic carbocycles. The second-order valence-electron chi connectivity index (χ2n) is 4.01. The van der Waals surface area contributed by atoms with E-state index in [1.807, 2.05) is 19.2 Å². The molecule has 76 valence electrons. The van der Waals surface area contributed by atoms with E-state index in [4.69, 9.17) is 5.26 Å². The minimum absolute atomic E-state index is 0.450. The summed E-state index contributed by atoms with van der Waals surface area (Å²) in [6.07, 6.45) is 3.00. The maximum Gasteiger partial charge on any atom is 0.0959 e. The number of hydrogen-bond donors (Lipinski definition) is 0. The summed E-state index contributed by atoms with van der Waals surface area (Å²) in [6.45, 7) is 4.02. The van der Waals surface area contributed by atoms with Crippen LogP contribution in [0.2, 0.25) is 0 Å². The van der Waals surface area contributed by atoms with Gasteiger partial charge in [0.25, 0.3) is 0 Å². The number of benzene rings is 1. The lowest BCUT2D eigenvalue weighted by molar-refractivity contribution is 0.752. The van der Waals surface area contributed by atoms with E-state index in [9.17, 15) is 0 Å². The summed E-state index contributed by atoms with van der Waals surface area (Å²) in [4.78, 5) is 2.19. The lowest BCUT2D eigenvalue weighted by Crippen LogP contribution is -2.23. The normalized spacial score (nSPS) is 19.9. The quantitative estimate of drug-likeness (QED) is 0.649. The number of fused-ring (bicyclic) bond motifs is 1. The van der Waals surface area contributed by atoms with Gasteiger partial charge in [-0.2, -0.15) is 5.26 Å². The summed E-state index contributed by atoms with van der Waals surface area (Å²) in [7, 11) is 0. The third kappa shape index (κ3) is 1.73. The van der Waals surface area contributed by atoms with Crippen molar-refractivity contribution in [1.82, 2.24) is 0 Å². The molecule has 1 heterocycles. The van der Waals surface area contributed by atoms with Crippen LogP contribution in [0.4, 0.5) is 5.69 Å². The van der Waals surface area contributed by atoms with Crippen LogP contribution in [0.15, 0.2) is 36.0 Å². The Bertz CT molecular complexity index is 440. The van der Waals surface area contributed by atoms with Gasteiger partial charge in [-0.15, -0.1) is 0 Å². The molecule has 0 bridgehead atoms. The first-order chi connectivity index (χ1) is 7.22. The molecule has 0 aromatic heterocycles. The lowest BCUT2D eigenvalue weighted by atomic mass is 10.1. The number of allylic oxidation sites excluding steroid dienone is 1. The van der Waals surface area contributed by atoms with Crippen molar-refractivity contribution in [2.24, 2.45) is 0 Å². The molecule has 0 radical (unpaired) electrons. The molecule has 1 aliphatic heterocycles. The van der Waals surface area contributed by atoms with E-state index in [0.717, 1.165) is 12.0 Å². The van der Waals surface area contributed by atoms with E-state index in [2.05, 4.69) is 36.1 Å². The first-order valence-electron chi connectivity index (χ1n) is 5.17. The average molecular weight is 198 g/mol. The second-order valence-corrected chi connectivity index (χ2v) is 4.01. The van der Waals surface area contributed by atoms with Gasteiger partial charge in [0.05, 0.1) is 6.07 Å². The fraction of sp³-hybridized carbons (Fsp3) is 0.308. The minimum atomic E-state index is 0.450. The molecular formula is C13H14N2. The van der Waals surface area contributed by atoms with Gasteiger partial charge in [-0.05, 0) is 31.9 Å². The standard InChI is InChI=1S/C13H14N2/c1-10(8-14)9-15-11(2)7-12-5-3-4-6-13(12)15/h3-6,9,11H,7H2,1-2H3. The van der Waals surface area contributed by atoms with Crippen LogP contribution >= 0.6 is 0 Å². The molecule has 0 aliphatic carbocycles. The fourth-order valence-electron chi connectivity index (χ4n) is 2.02. The molecule has 1 aromatic rings. The Balaban J connectivity index is 2.39. The minimum Gasteiger partial charge on any atom is -0.344 e. The predicted molar refractivity (Wildman–Crippen MR) is 61.5 cm³/mol. The molecule has 2 heteroatoms. The van der Waals surface area contributed by atoms with Gasteiger partial charge in [-0.1, -0.05) is 18.2 Å². The summed E-state index contributed by atoms with van der Waals surface area (Å²) >= 11 is 0. The SMILES string of the molecule is CC(C#N)=CN1c2ccccc2CC1C. The molecule has 0 spiro atoms. The Morgan fingerprint density at radius 3 is 3.00 bits per heavy atom. The summed E-state index contributed by atoms with van der Waals surface area (Å²) in [5.41, 5.74) is 3.35. The number of nitrogens with zero attached hydrogens (tertiary/aromatic N) is 2. The summed E-state index contributed by atoms with van der Waals surface area (Å²) in [6, 6.07) is 11.0. The summed E-state index contributed by atoms with van der Waals surface area (Å²) in [5, 5.41) is 8.78. The Kier molecular flexibility index (Phi) is 2.47. The first-order valence-corrected chi connectivity index (χ1v) is 5.17. The van der Waals surface area contributed by atoms with Crippen LogP contribution in [0.3, 0.4) is 0 Å². The Morgan fingerprint density at radius 2 is 2.27 bits per heavy atom. The second kappa shape index (κ2) is 3.78. The van der Waals surface area contributed by atoms with E-state index in [1.165, 1.54) is 11.3 Å². The van der Waals surface area contributed by atoms with Crippen LogP contribution in [-0.4, -0.2) is 6.04 Å². The molecule has 0 saturated heterocycles. The maximum atomic E-state index is 8.78. The monoisotopic (exact) mass is 198 g/mol. The molecule has 1 atom stereocenters. The zero-order valence-electron chi connectivity index (χ0n) is 9.07. The van der Waals surface area contributed by atoms with Gasteiger partial charge >= 0.3 is 0 Å². The third-order valence-electron chi connectivity index (χ3n) is 2.77. The number of hydrogen-bond acceptors (Lipinski definition) is 2. The van der Waals surface area contributed by atoms with E-state index in [0.29, 0.717) is 6.04 Å². The van der Waals surface area contributed by atoms with Crippen LogP contribution in [0, 0.1) is 11.3 Å². The predicted octanol–water partition coefficient (Wildman–Crippen LogP) is 2.86. The van der Waals surface area contributed by atoms with Crippen molar-refractivity contribution in [2.75, 3.05) is 4.90 Å². The van der Waals surface area contributed by atoms with Crippen LogP contribution in [0.1, 0.15) is 19.4 Å². The van der Waals surface area contributed by atoms with Crippen LogP contribution in [-0.2, 0) is 6.42 Å². The number of nitriles is 1. The van der Waals surface area contributed by atoms with Gasteiger partial charge in [0.2, 0.25) is 0 Å². The van der Waals surface area contributed by atoms with Gasteiger partial charge in [0, 0.05) is 23.5 Å². The average Bonchev–Trinajstić information content (AvgIpc) is 2.55. The van der Waals surface area contributed by atoms with Gasteiger partial charge < -0.3 is 4.90 Å². The van der Waals surface area contributed by atoms with E-state index in [1.54, 1.807) is 0 Å². The van der Waals surface area contributed by atoms with Crippen molar-refractivity contribution >= 4 is 5.69 Å². The molecule has 0 fully saturated rings. The highest BCUT2D eigenvalue weighted by atomic mass is 15.2. The highest BCUT2D eigenvalue weighted by molar-refractivity contribution is 5.61. The Morgan fingerprint density at radius 1 is 1.53 bits per heavy atom. The first kappa shape index (κ1) is 9.79. The molecule has 0 saturated carbocycles. The van der Waals surface area contributed by atoms with Crippen LogP contribution in [0.25, 0.3) is 0 Å². The van der Waals surface area contributed by atoms with Gasteiger partial charge in [0.15, 0.2) is 0 Å². The number of para-hydroxylation sites is 1. The summed E-state index contributed by atoms with van der Waals surface area (Å²) < 4.78 is 0. The Hall–Kier alpha value is -1.75. The van der Waals surface area contributed by atoms with E-state index < -0.39 is 0 Å². The zero-order valence-corrected chi connectivity index (χ0v) is 9.07. The molecular weight excluding hydrogens is 184 g/mol. The van der Waals surface area contributed by atoms with Crippen molar-refractivity contribution in [3.63, 3.8) is 0 Å². The largest absolute Gasteiger partial charge is 0.344 e. The zero-order chi connectivity index (χ0) is 10.8. The van der Waals surface area contributed by atoms with Crippen molar-refractivity contribution in [2.45, 2.75) is 26.3 Å². The van der Waals surface area contributed by atoms with Crippen molar-refractivity contribution in [1.29, 1.82) is 5.26 Å². The molecule has 0 amide bonds. The van der Waals surface area contributed by atoms with Gasteiger partial charge in [-0.25, -0.2) is 0 Å². The molecule has 2 rings (SSSR count). The Labute approximate surface area is 90.4 Å². The molecule has 1 unspecified atom stereocenters. The van der Waals surface area contributed by atoms with Gasteiger partial charge in [-0.3, -0.25) is 0 Å².